The second-order valence-electron chi connectivity index (χ2n) is 7.60. The summed E-state index contributed by atoms with van der Waals surface area (Å²) in [6, 6.07) is 8.58. The number of hydrogen-bond acceptors (Lipinski definition) is 3. The molecule has 0 bridgehead atoms. The number of nitrogens with one attached hydrogen (secondary N) is 2. The molecule has 1 aromatic carbocycles. The number of anilines is 1. The van der Waals surface area contributed by atoms with E-state index in [1.54, 1.807) is 0 Å². The number of benzene rings is 1. The molecule has 25 heavy (non-hydrogen) atoms. The van der Waals surface area contributed by atoms with Crippen molar-refractivity contribution in [3.63, 3.8) is 0 Å². The zero-order chi connectivity index (χ0) is 18.4. The first-order valence-electron chi connectivity index (χ1n) is 8.87. The van der Waals surface area contributed by atoms with Crippen molar-refractivity contribution in [2.24, 2.45) is 0 Å². The zero-order valence-corrected chi connectivity index (χ0v) is 15.3. The number of urea groups is 1. The van der Waals surface area contributed by atoms with Crippen molar-refractivity contribution in [3.8, 4) is 0 Å². The molecule has 1 fully saturated rings. The van der Waals surface area contributed by atoms with Crippen molar-refractivity contribution in [3.05, 3.63) is 29.8 Å². The van der Waals surface area contributed by atoms with Gasteiger partial charge < -0.3 is 20.6 Å². The summed E-state index contributed by atoms with van der Waals surface area (Å²) in [5.41, 5.74) is 2.70. The van der Waals surface area contributed by atoms with Crippen molar-refractivity contribution in [1.29, 1.82) is 0 Å². The van der Waals surface area contributed by atoms with E-state index in [4.69, 9.17) is 5.11 Å². The number of carbonyl (C=O) groups excluding carboxylic acids is 1. The van der Waals surface area contributed by atoms with Crippen molar-refractivity contribution in [2.75, 3.05) is 24.5 Å². The molecule has 138 valence electrons. The molecule has 6 nitrogen and oxygen atoms in total. The Morgan fingerprint density at radius 1 is 1.16 bits per heavy atom. The molecule has 0 unspecified atom stereocenters. The van der Waals surface area contributed by atoms with Crippen LogP contribution >= 0.6 is 0 Å². The molecule has 0 aliphatic carbocycles. The quantitative estimate of drug-likeness (QED) is 0.765. The average molecular weight is 347 g/mol. The summed E-state index contributed by atoms with van der Waals surface area (Å²) >= 11 is 0. The van der Waals surface area contributed by atoms with Gasteiger partial charge in [0, 0.05) is 31.4 Å². The standard InChI is InChI=1S/C19H29N3O3/c1-19(2,3)14-4-6-16(7-5-14)22-12-9-15(10-13-22)21-18(25)20-11-8-17(23)24/h4-7,15H,8-13H2,1-3H3,(H,23,24)(H2,20,21,25). The normalized spacial score (nSPS) is 15.7. The zero-order valence-electron chi connectivity index (χ0n) is 15.3. The van der Waals surface area contributed by atoms with E-state index < -0.39 is 5.97 Å². The SMILES string of the molecule is CC(C)(C)c1ccc(N2CCC(NC(=O)NCCC(=O)O)CC2)cc1. The Morgan fingerprint density at radius 3 is 2.28 bits per heavy atom. The van der Waals surface area contributed by atoms with Crippen molar-refractivity contribution < 1.29 is 14.7 Å². The Kier molecular flexibility index (Phi) is 6.28. The monoisotopic (exact) mass is 347 g/mol. The van der Waals surface area contributed by atoms with Gasteiger partial charge in [-0.2, -0.15) is 0 Å². The second kappa shape index (κ2) is 8.23. The van der Waals surface area contributed by atoms with E-state index in [1.165, 1.54) is 11.3 Å². The first kappa shape index (κ1) is 19.1. The fourth-order valence-corrected chi connectivity index (χ4v) is 2.97. The Labute approximate surface area is 149 Å². The van der Waals surface area contributed by atoms with Gasteiger partial charge >= 0.3 is 12.0 Å². The van der Waals surface area contributed by atoms with E-state index in [9.17, 15) is 9.59 Å². The number of carbonyl (C=O) groups is 2. The summed E-state index contributed by atoms with van der Waals surface area (Å²) in [7, 11) is 0. The highest BCUT2D eigenvalue weighted by atomic mass is 16.4. The lowest BCUT2D eigenvalue weighted by molar-refractivity contribution is -0.136. The molecule has 0 spiro atoms. The van der Waals surface area contributed by atoms with Crippen LogP contribution in [0.5, 0.6) is 0 Å². The van der Waals surface area contributed by atoms with Gasteiger partial charge in [0.15, 0.2) is 0 Å². The Morgan fingerprint density at radius 2 is 1.76 bits per heavy atom. The number of rotatable bonds is 5. The fourth-order valence-electron chi connectivity index (χ4n) is 2.97. The molecule has 2 rings (SSSR count). The van der Waals surface area contributed by atoms with Crippen LogP contribution in [-0.4, -0.2) is 42.8 Å². The lowest BCUT2D eigenvalue weighted by Crippen LogP contribution is -2.48. The predicted octanol–water partition coefficient (Wildman–Crippen LogP) is 2.73. The lowest BCUT2D eigenvalue weighted by Gasteiger charge is -2.34. The summed E-state index contributed by atoms with van der Waals surface area (Å²) < 4.78 is 0. The van der Waals surface area contributed by atoms with Crippen LogP contribution in [0, 0.1) is 0 Å². The summed E-state index contributed by atoms with van der Waals surface area (Å²) in [6.07, 6.45) is 1.71. The van der Waals surface area contributed by atoms with Crippen LogP contribution in [0.15, 0.2) is 24.3 Å². The van der Waals surface area contributed by atoms with Crippen LogP contribution in [0.25, 0.3) is 0 Å². The van der Waals surface area contributed by atoms with E-state index in [0.29, 0.717) is 0 Å². The largest absolute Gasteiger partial charge is 0.481 e. The predicted molar refractivity (Wildman–Crippen MR) is 99.2 cm³/mol. The molecule has 1 saturated heterocycles. The number of carboxylic acid groups (broad SMARTS) is 1. The van der Waals surface area contributed by atoms with Gasteiger partial charge in [-0.3, -0.25) is 4.79 Å². The van der Waals surface area contributed by atoms with Gasteiger partial charge in [-0.05, 0) is 36.0 Å². The minimum atomic E-state index is -0.911. The second-order valence-corrected chi connectivity index (χ2v) is 7.60. The van der Waals surface area contributed by atoms with Crippen LogP contribution < -0.4 is 15.5 Å². The molecule has 1 aromatic rings. The summed E-state index contributed by atoms with van der Waals surface area (Å²) in [5, 5.41) is 14.1. The van der Waals surface area contributed by atoms with Crippen LogP contribution in [-0.2, 0) is 10.2 Å². The first-order valence-corrected chi connectivity index (χ1v) is 8.87. The van der Waals surface area contributed by atoms with Gasteiger partial charge in [-0.1, -0.05) is 32.9 Å². The maximum atomic E-state index is 11.7. The van der Waals surface area contributed by atoms with E-state index in [1.807, 2.05) is 0 Å². The molecule has 0 radical (unpaired) electrons. The molecule has 1 aliphatic rings. The molecule has 0 atom stereocenters. The number of hydrogen-bond donors (Lipinski definition) is 3. The molecule has 1 aliphatic heterocycles. The first-order chi connectivity index (χ1) is 11.8. The number of piperidine rings is 1. The van der Waals surface area contributed by atoms with Gasteiger partial charge in [-0.25, -0.2) is 4.79 Å². The van der Waals surface area contributed by atoms with Crippen LogP contribution in [0.1, 0.15) is 45.6 Å². The van der Waals surface area contributed by atoms with Crippen molar-refractivity contribution >= 4 is 17.7 Å². The molecule has 1 heterocycles. The third kappa shape index (κ3) is 5.96. The average Bonchev–Trinajstić information content (AvgIpc) is 2.54. The van der Waals surface area contributed by atoms with Crippen LogP contribution in [0.2, 0.25) is 0 Å². The van der Waals surface area contributed by atoms with Gasteiger partial charge in [-0.15, -0.1) is 0 Å². The lowest BCUT2D eigenvalue weighted by atomic mass is 9.87. The van der Waals surface area contributed by atoms with Gasteiger partial charge in [0.2, 0.25) is 0 Å². The molecule has 0 saturated carbocycles. The minimum Gasteiger partial charge on any atom is -0.481 e. The number of nitrogens with zero attached hydrogens (tertiary/aromatic N) is 1. The number of carboxylic acids is 1. The van der Waals surface area contributed by atoms with Gasteiger partial charge in [0.25, 0.3) is 0 Å². The summed E-state index contributed by atoms with van der Waals surface area (Å²) in [4.78, 5) is 24.5. The maximum absolute atomic E-state index is 11.7. The van der Waals surface area contributed by atoms with Crippen LogP contribution in [0.4, 0.5) is 10.5 Å². The Balaban J connectivity index is 1.77. The topological polar surface area (TPSA) is 81.7 Å². The molecule has 0 aromatic heterocycles. The smallest absolute Gasteiger partial charge is 0.315 e. The third-order valence-electron chi connectivity index (χ3n) is 4.55. The van der Waals surface area contributed by atoms with E-state index >= 15 is 0 Å². The van der Waals surface area contributed by atoms with Crippen LogP contribution in [0.3, 0.4) is 0 Å². The Hall–Kier alpha value is -2.24. The molecular weight excluding hydrogens is 318 g/mol. The number of amides is 2. The maximum Gasteiger partial charge on any atom is 0.315 e. The van der Waals surface area contributed by atoms with Gasteiger partial charge in [0.05, 0.1) is 6.42 Å². The van der Waals surface area contributed by atoms with E-state index in [2.05, 4.69) is 60.6 Å². The van der Waals surface area contributed by atoms with E-state index in [-0.39, 0.29) is 30.5 Å². The minimum absolute atomic E-state index is 0.0591. The van der Waals surface area contributed by atoms with E-state index in [0.717, 1.165) is 25.9 Å². The van der Waals surface area contributed by atoms with Crippen molar-refractivity contribution in [1.82, 2.24) is 10.6 Å². The van der Waals surface area contributed by atoms with Crippen molar-refractivity contribution in [2.45, 2.75) is 51.5 Å². The fraction of sp³-hybridized carbons (Fsp3) is 0.579. The summed E-state index contributed by atoms with van der Waals surface area (Å²) in [6.45, 7) is 8.58. The Bertz CT molecular complexity index is 585. The molecular formula is C19H29N3O3. The number of aliphatic carboxylic acids is 1. The highest BCUT2D eigenvalue weighted by Crippen LogP contribution is 2.26. The molecule has 2 amide bonds. The van der Waals surface area contributed by atoms with Gasteiger partial charge in [0.1, 0.15) is 0 Å². The summed E-state index contributed by atoms with van der Waals surface area (Å²) in [5.74, 6) is -0.911. The highest BCUT2D eigenvalue weighted by molar-refractivity contribution is 5.75. The molecule has 6 heteroatoms. The highest BCUT2D eigenvalue weighted by Gasteiger charge is 2.21. The third-order valence-corrected chi connectivity index (χ3v) is 4.55. The molecule has 3 N–H and O–H groups in total.